The van der Waals surface area contributed by atoms with Gasteiger partial charge in [-0.15, -0.1) is 0 Å². The lowest BCUT2D eigenvalue weighted by Gasteiger charge is -2.27. The Labute approximate surface area is 175 Å². The predicted octanol–water partition coefficient (Wildman–Crippen LogP) is 4.11. The highest BCUT2D eigenvalue weighted by molar-refractivity contribution is 5.93. The molecule has 1 fully saturated rings. The average Bonchev–Trinajstić information content (AvgIpc) is 2.72. The maximum Gasteiger partial charge on any atom is 0.416 e. The van der Waals surface area contributed by atoms with Gasteiger partial charge in [0.05, 0.1) is 11.1 Å². The van der Waals surface area contributed by atoms with E-state index in [1.54, 1.807) is 0 Å². The molecule has 7 nitrogen and oxygen atoms in total. The number of rotatable bonds is 6. The topological polar surface area (TPSA) is 101 Å². The molecule has 31 heavy (non-hydrogen) atoms. The van der Waals surface area contributed by atoms with Crippen molar-refractivity contribution in [2.24, 2.45) is 5.92 Å². The van der Waals surface area contributed by atoms with E-state index in [1.165, 1.54) is 12.1 Å². The number of anilines is 1. The zero-order valence-corrected chi connectivity index (χ0v) is 16.6. The summed E-state index contributed by atoms with van der Waals surface area (Å²) >= 11 is 0. The summed E-state index contributed by atoms with van der Waals surface area (Å²) in [5, 5.41) is 11.5. The zero-order chi connectivity index (χ0) is 22.6. The van der Waals surface area contributed by atoms with Crippen molar-refractivity contribution in [2.75, 3.05) is 5.32 Å². The third kappa shape index (κ3) is 5.71. The number of carboxylic acid groups (broad SMARTS) is 1. The minimum absolute atomic E-state index is 0.0595. The summed E-state index contributed by atoms with van der Waals surface area (Å²) in [6.07, 6.45) is 2.58. The van der Waals surface area contributed by atoms with E-state index in [-0.39, 0.29) is 17.3 Å². The smallest absolute Gasteiger partial charge is 0.416 e. The van der Waals surface area contributed by atoms with E-state index >= 15 is 0 Å². The molecule has 2 heterocycles. The average molecular weight is 437 g/mol. The fraction of sp³-hybridized carbons (Fsp3) is 0.429. The van der Waals surface area contributed by atoms with Gasteiger partial charge in [0.15, 0.2) is 0 Å². The summed E-state index contributed by atoms with van der Waals surface area (Å²) in [4.78, 5) is 40.3. The number of hydrogen-bond acceptors (Lipinski definition) is 4. The molecule has 0 bridgehead atoms. The molecule has 2 N–H and O–H groups in total. The molecule has 0 saturated heterocycles. The fourth-order valence-corrected chi connectivity index (χ4v) is 3.81. The van der Waals surface area contributed by atoms with Crippen molar-refractivity contribution in [3.8, 4) is 0 Å². The molecule has 2 aromatic rings. The summed E-state index contributed by atoms with van der Waals surface area (Å²) in [5.41, 5.74) is -2.05. The molecule has 166 valence electrons. The number of halogens is 3. The number of aromatic nitrogens is 2. The Kier molecular flexibility index (Phi) is 6.77. The first-order valence-corrected chi connectivity index (χ1v) is 9.95. The van der Waals surface area contributed by atoms with Gasteiger partial charge in [0, 0.05) is 18.5 Å². The predicted molar refractivity (Wildman–Crippen MR) is 106 cm³/mol. The lowest BCUT2D eigenvalue weighted by Crippen LogP contribution is -2.35. The second-order valence-corrected chi connectivity index (χ2v) is 7.64. The minimum Gasteiger partial charge on any atom is -0.478 e. The number of carbonyl (C=O) groups excluding carboxylic acids is 1. The number of nitrogens with one attached hydrogen (secondary N) is 1. The lowest BCUT2D eigenvalue weighted by atomic mass is 9.84. The number of carboxylic acids is 1. The van der Waals surface area contributed by atoms with E-state index in [0.29, 0.717) is 12.5 Å². The van der Waals surface area contributed by atoms with Crippen LogP contribution in [-0.2, 0) is 11.0 Å². The van der Waals surface area contributed by atoms with Gasteiger partial charge in [-0.1, -0.05) is 32.1 Å². The lowest BCUT2D eigenvalue weighted by molar-refractivity contribution is -0.137. The second kappa shape index (κ2) is 9.32. The third-order valence-electron chi connectivity index (χ3n) is 5.46. The van der Waals surface area contributed by atoms with Crippen molar-refractivity contribution in [2.45, 2.75) is 50.7 Å². The van der Waals surface area contributed by atoms with Crippen molar-refractivity contribution >= 4 is 17.7 Å². The first kappa shape index (κ1) is 22.5. The van der Waals surface area contributed by atoms with E-state index < -0.39 is 35.2 Å². The van der Waals surface area contributed by atoms with E-state index in [9.17, 15) is 27.6 Å². The van der Waals surface area contributed by atoms with Crippen molar-refractivity contribution < 1.29 is 27.9 Å². The minimum atomic E-state index is -4.66. The number of carbonyl (C=O) groups is 2. The molecule has 1 aliphatic carbocycles. The van der Waals surface area contributed by atoms with Crippen LogP contribution in [0, 0.1) is 5.92 Å². The highest BCUT2D eigenvalue weighted by Crippen LogP contribution is 2.32. The van der Waals surface area contributed by atoms with Crippen molar-refractivity contribution in [1.82, 2.24) is 9.55 Å². The van der Waals surface area contributed by atoms with Crippen molar-refractivity contribution in [1.29, 1.82) is 0 Å². The number of nitrogens with zero attached hydrogens (tertiary/aromatic N) is 2. The van der Waals surface area contributed by atoms with Gasteiger partial charge in [0.25, 0.3) is 5.56 Å². The van der Waals surface area contributed by atoms with E-state index in [0.717, 1.165) is 55.1 Å². The van der Waals surface area contributed by atoms with Crippen LogP contribution in [0.3, 0.4) is 0 Å². The molecule has 0 radical (unpaired) electrons. The molecule has 3 rings (SSSR count). The molecule has 1 unspecified atom stereocenters. The monoisotopic (exact) mass is 437 g/mol. The summed E-state index contributed by atoms with van der Waals surface area (Å²) in [7, 11) is 0. The molecule has 0 spiro atoms. The van der Waals surface area contributed by atoms with Crippen LogP contribution >= 0.6 is 0 Å². The summed E-state index contributed by atoms with van der Waals surface area (Å²) in [6.45, 7) is 0. The summed E-state index contributed by atoms with van der Waals surface area (Å²) in [5.74, 6) is -1.51. The molecule has 1 aliphatic rings. The van der Waals surface area contributed by atoms with Crippen LogP contribution in [0.4, 0.5) is 19.0 Å². The normalized spacial score (nSPS) is 16.0. The Bertz CT molecular complexity index is 996. The Morgan fingerprint density at radius 3 is 2.45 bits per heavy atom. The van der Waals surface area contributed by atoms with Crippen LogP contribution in [0.5, 0.6) is 0 Å². The second-order valence-electron chi connectivity index (χ2n) is 7.64. The zero-order valence-electron chi connectivity index (χ0n) is 16.6. The maximum absolute atomic E-state index is 13.0. The number of alkyl halides is 3. The van der Waals surface area contributed by atoms with Crippen molar-refractivity contribution in [3.63, 3.8) is 0 Å². The van der Waals surface area contributed by atoms with Gasteiger partial charge in [0.1, 0.15) is 11.9 Å². The van der Waals surface area contributed by atoms with E-state index in [1.807, 2.05) is 0 Å². The fourth-order valence-electron chi connectivity index (χ4n) is 3.81. The molecular formula is C21H22F3N3O4. The first-order chi connectivity index (χ1) is 14.6. The summed E-state index contributed by atoms with van der Waals surface area (Å²) < 4.78 is 39.8. The first-order valence-electron chi connectivity index (χ1n) is 9.95. The number of hydrogen-bond donors (Lipinski definition) is 2. The molecular weight excluding hydrogens is 415 g/mol. The van der Waals surface area contributed by atoms with Crippen LogP contribution in [0.15, 0.2) is 41.5 Å². The number of pyridine rings is 2. The van der Waals surface area contributed by atoms with E-state index in [2.05, 4.69) is 10.3 Å². The van der Waals surface area contributed by atoms with Gasteiger partial charge in [-0.2, -0.15) is 13.2 Å². The molecule has 0 aromatic carbocycles. The van der Waals surface area contributed by atoms with Crippen LogP contribution in [0.2, 0.25) is 0 Å². The van der Waals surface area contributed by atoms with Gasteiger partial charge >= 0.3 is 12.1 Å². The SMILES string of the molecule is O=C(O)c1ccc(NC(=O)C(CC2CCCCC2)n2ccc(C(F)(F)F)cc2=O)nc1. The Morgan fingerprint density at radius 2 is 1.90 bits per heavy atom. The molecule has 1 amide bonds. The molecule has 1 saturated carbocycles. The van der Waals surface area contributed by atoms with Crippen LogP contribution < -0.4 is 10.9 Å². The molecule has 2 aromatic heterocycles. The van der Waals surface area contributed by atoms with Crippen LogP contribution in [0.1, 0.15) is 60.5 Å². The van der Waals surface area contributed by atoms with Crippen LogP contribution in [-0.4, -0.2) is 26.5 Å². The Balaban J connectivity index is 1.87. The standard InChI is InChI=1S/C21H22F3N3O4/c22-21(23,24)15-8-9-27(18(28)11-15)16(10-13-4-2-1-3-5-13)19(29)26-17-7-6-14(12-25-17)20(30)31/h6-9,11-13,16H,1-5,10H2,(H,30,31)(H,25,26,29). The van der Waals surface area contributed by atoms with Crippen molar-refractivity contribution in [3.05, 3.63) is 58.1 Å². The summed E-state index contributed by atoms with van der Waals surface area (Å²) in [6, 6.07) is 2.84. The highest BCUT2D eigenvalue weighted by Gasteiger charge is 2.32. The largest absolute Gasteiger partial charge is 0.478 e. The number of aromatic carboxylic acids is 1. The van der Waals surface area contributed by atoms with Gasteiger partial charge < -0.3 is 15.0 Å². The Hall–Kier alpha value is -3.17. The maximum atomic E-state index is 13.0. The molecule has 10 heteroatoms. The number of amides is 1. The van der Waals surface area contributed by atoms with Gasteiger partial charge in [-0.05, 0) is 30.5 Å². The quantitative estimate of drug-likeness (QED) is 0.708. The molecule has 0 aliphatic heterocycles. The highest BCUT2D eigenvalue weighted by atomic mass is 19.4. The Morgan fingerprint density at radius 1 is 1.19 bits per heavy atom. The van der Waals surface area contributed by atoms with Gasteiger partial charge in [-0.25, -0.2) is 9.78 Å². The van der Waals surface area contributed by atoms with E-state index in [4.69, 9.17) is 5.11 Å². The van der Waals surface area contributed by atoms with Gasteiger partial charge in [-0.3, -0.25) is 9.59 Å². The molecule has 1 atom stereocenters. The van der Waals surface area contributed by atoms with Crippen LogP contribution in [0.25, 0.3) is 0 Å². The van der Waals surface area contributed by atoms with Gasteiger partial charge in [0.2, 0.25) is 5.91 Å². The third-order valence-corrected chi connectivity index (χ3v) is 5.46.